The van der Waals surface area contributed by atoms with Gasteiger partial charge in [-0.1, -0.05) is 26.0 Å². The van der Waals surface area contributed by atoms with Gasteiger partial charge >= 0.3 is 0 Å². The lowest BCUT2D eigenvalue weighted by molar-refractivity contribution is -0.608. The monoisotopic (exact) mass is 250 g/mol. The Balaban J connectivity index is 2.04. The van der Waals surface area contributed by atoms with Crippen molar-refractivity contribution < 1.29 is 19.2 Å². The quantitative estimate of drug-likeness (QED) is 0.773. The van der Waals surface area contributed by atoms with E-state index in [2.05, 4.69) is 13.8 Å². The topological polar surface area (TPSA) is 36.9 Å². The predicted molar refractivity (Wildman–Crippen MR) is 65.0 cm³/mol. The number of rotatable bonds is 3. The Kier molecular flexibility index (Phi) is 2.62. The average molecular weight is 250 g/mol. The summed E-state index contributed by atoms with van der Waals surface area (Å²) in [5.74, 6) is 0.348. The van der Waals surface area contributed by atoms with Gasteiger partial charge < -0.3 is 9.47 Å². The SMILES string of the molecule is COc1cccc(C23OCCC2(C(C)C)OO3)c1. The van der Waals surface area contributed by atoms with Gasteiger partial charge in [0.1, 0.15) is 5.75 Å². The Morgan fingerprint density at radius 2 is 2.11 bits per heavy atom. The highest BCUT2D eigenvalue weighted by molar-refractivity contribution is 5.35. The van der Waals surface area contributed by atoms with E-state index in [1.54, 1.807) is 7.11 Å². The maximum Gasteiger partial charge on any atom is 0.260 e. The standard InChI is InChI=1S/C14H18O4/c1-10(2)13-7-8-16-14(13,18-17-13)11-5-4-6-12(9-11)15-3/h4-6,9-10H,7-8H2,1-3H3. The fourth-order valence-electron chi connectivity index (χ4n) is 2.89. The minimum Gasteiger partial charge on any atom is -0.497 e. The van der Waals surface area contributed by atoms with Crippen LogP contribution in [0.1, 0.15) is 25.8 Å². The van der Waals surface area contributed by atoms with E-state index < -0.39 is 5.79 Å². The lowest BCUT2D eigenvalue weighted by Gasteiger charge is -2.52. The van der Waals surface area contributed by atoms with Crippen molar-refractivity contribution in [2.75, 3.05) is 13.7 Å². The molecular formula is C14H18O4. The Bertz CT molecular complexity index is 459. The molecule has 0 aliphatic carbocycles. The molecule has 4 heteroatoms. The van der Waals surface area contributed by atoms with Crippen molar-refractivity contribution >= 4 is 0 Å². The lowest BCUT2D eigenvalue weighted by atomic mass is 9.77. The summed E-state index contributed by atoms with van der Waals surface area (Å²) in [4.78, 5) is 10.9. The van der Waals surface area contributed by atoms with Crippen molar-refractivity contribution in [2.45, 2.75) is 31.7 Å². The highest BCUT2D eigenvalue weighted by Crippen LogP contribution is 2.59. The maximum atomic E-state index is 5.89. The molecule has 0 amide bonds. The molecule has 1 aromatic carbocycles. The van der Waals surface area contributed by atoms with E-state index in [0.717, 1.165) is 17.7 Å². The fraction of sp³-hybridized carbons (Fsp3) is 0.571. The van der Waals surface area contributed by atoms with E-state index in [-0.39, 0.29) is 5.60 Å². The van der Waals surface area contributed by atoms with Crippen LogP contribution in [-0.2, 0) is 20.3 Å². The van der Waals surface area contributed by atoms with Gasteiger partial charge in [0.15, 0.2) is 5.60 Å². The number of benzene rings is 1. The van der Waals surface area contributed by atoms with Crippen LogP contribution in [0.4, 0.5) is 0 Å². The molecule has 0 spiro atoms. The molecule has 3 rings (SSSR count). The summed E-state index contributed by atoms with van der Waals surface area (Å²) in [6.07, 6.45) is 0.849. The van der Waals surface area contributed by atoms with Crippen LogP contribution in [0.5, 0.6) is 5.75 Å². The Morgan fingerprint density at radius 1 is 1.28 bits per heavy atom. The molecule has 0 aromatic heterocycles. The third-order valence-electron chi connectivity index (χ3n) is 4.03. The minimum absolute atomic E-state index is 0.319. The number of methoxy groups -OCH3 is 1. The van der Waals surface area contributed by atoms with Crippen molar-refractivity contribution in [3.05, 3.63) is 29.8 Å². The summed E-state index contributed by atoms with van der Waals surface area (Å²) in [5.41, 5.74) is 0.582. The molecule has 1 aromatic rings. The number of fused-ring (bicyclic) bond motifs is 1. The molecule has 2 saturated heterocycles. The Morgan fingerprint density at radius 3 is 2.72 bits per heavy atom. The van der Waals surface area contributed by atoms with E-state index in [0.29, 0.717) is 12.5 Å². The van der Waals surface area contributed by atoms with Crippen molar-refractivity contribution in [1.82, 2.24) is 0 Å². The third-order valence-corrected chi connectivity index (χ3v) is 4.03. The van der Waals surface area contributed by atoms with Crippen LogP contribution in [0.25, 0.3) is 0 Å². The van der Waals surface area contributed by atoms with Crippen LogP contribution in [-0.4, -0.2) is 19.3 Å². The maximum absolute atomic E-state index is 5.89. The van der Waals surface area contributed by atoms with Gasteiger partial charge in [-0.05, 0) is 18.1 Å². The second kappa shape index (κ2) is 3.95. The van der Waals surface area contributed by atoms with Gasteiger partial charge in [-0.3, -0.25) is 0 Å². The zero-order chi connectivity index (χ0) is 12.8. The number of hydrogen-bond acceptors (Lipinski definition) is 4. The Labute approximate surface area is 107 Å². The van der Waals surface area contributed by atoms with Crippen LogP contribution >= 0.6 is 0 Å². The molecule has 0 saturated carbocycles. The van der Waals surface area contributed by atoms with Gasteiger partial charge in [0, 0.05) is 12.0 Å². The molecule has 2 heterocycles. The van der Waals surface area contributed by atoms with E-state index in [9.17, 15) is 0 Å². The number of hydrogen-bond donors (Lipinski definition) is 0. The summed E-state index contributed by atoms with van der Waals surface area (Å²) in [7, 11) is 1.65. The predicted octanol–water partition coefficient (Wildman–Crippen LogP) is 2.62. The zero-order valence-corrected chi connectivity index (χ0v) is 10.9. The van der Waals surface area contributed by atoms with Crippen molar-refractivity contribution in [2.24, 2.45) is 5.92 Å². The van der Waals surface area contributed by atoms with Gasteiger partial charge in [-0.2, -0.15) is 4.89 Å². The van der Waals surface area contributed by atoms with Crippen LogP contribution in [0, 0.1) is 5.92 Å². The molecule has 2 unspecified atom stereocenters. The van der Waals surface area contributed by atoms with Crippen LogP contribution in [0.15, 0.2) is 24.3 Å². The first-order chi connectivity index (χ1) is 8.64. The van der Waals surface area contributed by atoms with E-state index in [1.165, 1.54) is 0 Å². The first-order valence-electron chi connectivity index (χ1n) is 6.30. The smallest absolute Gasteiger partial charge is 0.260 e. The normalized spacial score (nSPS) is 34.2. The molecule has 18 heavy (non-hydrogen) atoms. The van der Waals surface area contributed by atoms with Gasteiger partial charge in [-0.25, -0.2) is 4.89 Å². The first kappa shape index (κ1) is 12.0. The molecule has 2 aliphatic heterocycles. The molecule has 0 bridgehead atoms. The van der Waals surface area contributed by atoms with E-state index in [4.69, 9.17) is 19.2 Å². The molecule has 4 nitrogen and oxygen atoms in total. The molecule has 2 aliphatic rings. The molecule has 2 atom stereocenters. The molecule has 2 fully saturated rings. The van der Waals surface area contributed by atoms with Gasteiger partial charge in [0.2, 0.25) is 0 Å². The summed E-state index contributed by atoms with van der Waals surface area (Å²) in [5, 5.41) is 0. The second-order valence-electron chi connectivity index (χ2n) is 5.16. The molecule has 0 radical (unpaired) electrons. The summed E-state index contributed by atoms with van der Waals surface area (Å²) >= 11 is 0. The highest BCUT2D eigenvalue weighted by Gasteiger charge is 2.71. The second-order valence-corrected chi connectivity index (χ2v) is 5.16. The van der Waals surface area contributed by atoms with Gasteiger partial charge in [0.25, 0.3) is 5.79 Å². The largest absolute Gasteiger partial charge is 0.497 e. The minimum atomic E-state index is -0.768. The molecular weight excluding hydrogens is 232 g/mol. The van der Waals surface area contributed by atoms with Gasteiger partial charge in [0.05, 0.1) is 13.7 Å². The summed E-state index contributed by atoms with van der Waals surface area (Å²) in [6.45, 7) is 4.91. The van der Waals surface area contributed by atoms with Crippen LogP contribution in [0.3, 0.4) is 0 Å². The van der Waals surface area contributed by atoms with Crippen LogP contribution < -0.4 is 4.74 Å². The summed E-state index contributed by atoms with van der Waals surface area (Å²) < 4.78 is 11.1. The van der Waals surface area contributed by atoms with E-state index >= 15 is 0 Å². The van der Waals surface area contributed by atoms with Crippen molar-refractivity contribution in [1.29, 1.82) is 0 Å². The van der Waals surface area contributed by atoms with Gasteiger partial charge in [-0.15, -0.1) is 0 Å². The fourth-order valence-corrected chi connectivity index (χ4v) is 2.89. The average Bonchev–Trinajstić information content (AvgIpc) is 2.63. The first-order valence-corrected chi connectivity index (χ1v) is 6.30. The number of ether oxygens (including phenoxy) is 2. The lowest BCUT2D eigenvalue weighted by Crippen LogP contribution is -2.64. The zero-order valence-electron chi connectivity index (χ0n) is 10.9. The van der Waals surface area contributed by atoms with Crippen molar-refractivity contribution in [3.8, 4) is 5.75 Å². The Hall–Kier alpha value is -1.10. The van der Waals surface area contributed by atoms with E-state index in [1.807, 2.05) is 24.3 Å². The molecule has 98 valence electrons. The third kappa shape index (κ3) is 1.31. The van der Waals surface area contributed by atoms with Crippen molar-refractivity contribution in [3.63, 3.8) is 0 Å². The van der Waals surface area contributed by atoms with Crippen LogP contribution in [0.2, 0.25) is 0 Å². The molecule has 0 N–H and O–H groups in total. The summed E-state index contributed by atoms with van der Waals surface area (Å²) in [6, 6.07) is 7.79. The highest BCUT2D eigenvalue weighted by atomic mass is 17.3.